The fourth-order valence-electron chi connectivity index (χ4n) is 1.22. The number of benzene rings is 1. The van der Waals surface area contributed by atoms with E-state index in [0.29, 0.717) is 9.86 Å². The molecule has 1 heterocycles. The van der Waals surface area contributed by atoms with Gasteiger partial charge in [-0.1, -0.05) is 0 Å². The second-order valence-electron chi connectivity index (χ2n) is 2.76. The van der Waals surface area contributed by atoms with Gasteiger partial charge in [-0.05, 0) is 28.1 Å². The molecule has 0 fully saturated rings. The fraction of sp³-hybridized carbons (Fsp3) is 0. The first kappa shape index (κ1) is 9.48. The molecule has 0 aliphatic heterocycles. The van der Waals surface area contributed by atoms with E-state index >= 15 is 0 Å². The van der Waals surface area contributed by atoms with Gasteiger partial charge in [-0.3, -0.25) is 0 Å². The Kier molecular flexibility index (Phi) is 2.20. The van der Waals surface area contributed by atoms with Crippen LogP contribution in [-0.2, 0) is 0 Å². The van der Waals surface area contributed by atoms with Crippen LogP contribution in [0.2, 0.25) is 0 Å². The van der Waals surface area contributed by atoms with Crippen molar-refractivity contribution in [3.63, 3.8) is 0 Å². The van der Waals surface area contributed by atoms with Gasteiger partial charge in [-0.15, -0.1) is 11.3 Å². The molecule has 0 saturated heterocycles. The van der Waals surface area contributed by atoms with Crippen LogP contribution in [0.5, 0.6) is 5.75 Å². The number of carboxylic acid groups (broad SMARTS) is 1. The van der Waals surface area contributed by atoms with Crippen LogP contribution in [0.15, 0.2) is 22.0 Å². The Bertz CT molecular complexity index is 518. The van der Waals surface area contributed by atoms with Gasteiger partial charge in [0.2, 0.25) is 0 Å². The van der Waals surface area contributed by atoms with Crippen molar-refractivity contribution in [3.05, 3.63) is 27.5 Å². The minimum absolute atomic E-state index is 0.175. The molecule has 2 rings (SSSR count). The Morgan fingerprint density at radius 2 is 2.14 bits per heavy atom. The molecule has 1 aromatic heterocycles. The zero-order valence-corrected chi connectivity index (χ0v) is 9.22. The summed E-state index contributed by atoms with van der Waals surface area (Å²) in [6, 6.07) is 3.03. The molecule has 0 bridgehead atoms. The van der Waals surface area contributed by atoms with Crippen molar-refractivity contribution < 1.29 is 15.0 Å². The first-order valence-electron chi connectivity index (χ1n) is 3.72. The van der Waals surface area contributed by atoms with Crippen LogP contribution in [0.3, 0.4) is 0 Å². The molecule has 0 atom stereocenters. The lowest BCUT2D eigenvalue weighted by Gasteiger charge is -1.98. The van der Waals surface area contributed by atoms with Gasteiger partial charge in [0.05, 0.1) is 5.56 Å². The SMILES string of the molecule is O=C(O)c1cc(Br)c2c(O)csc2c1. The van der Waals surface area contributed by atoms with Crippen molar-refractivity contribution in [1.82, 2.24) is 0 Å². The highest BCUT2D eigenvalue weighted by atomic mass is 79.9. The number of halogens is 1. The maximum Gasteiger partial charge on any atom is 0.335 e. The van der Waals surface area contributed by atoms with E-state index in [1.165, 1.54) is 17.4 Å². The van der Waals surface area contributed by atoms with E-state index in [-0.39, 0.29) is 11.3 Å². The van der Waals surface area contributed by atoms with Gasteiger partial charge in [-0.25, -0.2) is 4.79 Å². The number of fused-ring (bicyclic) bond motifs is 1. The Morgan fingerprint density at radius 3 is 2.79 bits per heavy atom. The molecule has 0 aliphatic rings. The summed E-state index contributed by atoms with van der Waals surface area (Å²) < 4.78 is 1.36. The number of carbonyl (C=O) groups is 1. The maximum absolute atomic E-state index is 10.7. The number of hydrogen-bond donors (Lipinski definition) is 2. The standard InChI is InChI=1S/C9H5BrO3S/c10-5-1-4(9(12)13)2-7-8(5)6(11)3-14-7/h1-3,11H,(H,12,13). The smallest absolute Gasteiger partial charge is 0.335 e. The second kappa shape index (κ2) is 3.25. The van der Waals surface area contributed by atoms with E-state index in [2.05, 4.69) is 15.9 Å². The zero-order chi connectivity index (χ0) is 10.3. The number of carboxylic acids is 1. The van der Waals surface area contributed by atoms with Gasteiger partial charge in [0.15, 0.2) is 0 Å². The topological polar surface area (TPSA) is 57.5 Å². The van der Waals surface area contributed by atoms with Crippen molar-refractivity contribution in [3.8, 4) is 5.75 Å². The molecule has 14 heavy (non-hydrogen) atoms. The lowest BCUT2D eigenvalue weighted by Crippen LogP contribution is -1.95. The molecule has 3 nitrogen and oxygen atoms in total. The second-order valence-corrected chi connectivity index (χ2v) is 4.52. The molecule has 5 heteroatoms. The lowest BCUT2D eigenvalue weighted by atomic mass is 10.2. The van der Waals surface area contributed by atoms with Crippen molar-refractivity contribution in [2.24, 2.45) is 0 Å². The quantitative estimate of drug-likeness (QED) is 0.839. The van der Waals surface area contributed by atoms with Crippen LogP contribution < -0.4 is 0 Å². The molecule has 2 N–H and O–H groups in total. The molecule has 0 amide bonds. The van der Waals surface area contributed by atoms with Crippen LogP contribution >= 0.6 is 27.3 Å². The Balaban J connectivity index is 2.80. The van der Waals surface area contributed by atoms with Crippen LogP contribution in [0, 0.1) is 0 Å². The van der Waals surface area contributed by atoms with E-state index < -0.39 is 5.97 Å². The number of hydrogen-bond acceptors (Lipinski definition) is 3. The molecular formula is C9H5BrO3S. The third-order valence-electron chi connectivity index (χ3n) is 1.85. The molecule has 0 radical (unpaired) electrons. The third kappa shape index (κ3) is 1.38. The van der Waals surface area contributed by atoms with E-state index in [1.807, 2.05) is 0 Å². The number of aromatic hydroxyl groups is 1. The van der Waals surface area contributed by atoms with Gasteiger partial charge in [0.1, 0.15) is 5.75 Å². The molecular weight excluding hydrogens is 268 g/mol. The van der Waals surface area contributed by atoms with E-state index in [4.69, 9.17) is 5.11 Å². The average molecular weight is 273 g/mol. The first-order valence-corrected chi connectivity index (χ1v) is 5.40. The highest BCUT2D eigenvalue weighted by Gasteiger charge is 2.11. The predicted molar refractivity (Wildman–Crippen MR) is 58.1 cm³/mol. The van der Waals surface area contributed by atoms with E-state index in [0.717, 1.165) is 4.70 Å². The van der Waals surface area contributed by atoms with Crippen molar-refractivity contribution in [2.75, 3.05) is 0 Å². The van der Waals surface area contributed by atoms with Gasteiger partial charge in [0.25, 0.3) is 0 Å². The number of rotatable bonds is 1. The Morgan fingerprint density at radius 1 is 1.43 bits per heavy atom. The summed E-state index contributed by atoms with van der Waals surface area (Å²) in [5.74, 6) is -0.797. The molecule has 72 valence electrons. The van der Waals surface area contributed by atoms with Gasteiger partial charge in [-0.2, -0.15) is 0 Å². The van der Waals surface area contributed by atoms with Gasteiger partial charge < -0.3 is 10.2 Å². The van der Waals surface area contributed by atoms with Gasteiger partial charge >= 0.3 is 5.97 Å². The van der Waals surface area contributed by atoms with E-state index in [9.17, 15) is 9.90 Å². The van der Waals surface area contributed by atoms with Crippen molar-refractivity contribution in [1.29, 1.82) is 0 Å². The number of aromatic carboxylic acids is 1. The maximum atomic E-state index is 10.7. The third-order valence-corrected chi connectivity index (χ3v) is 3.40. The van der Waals surface area contributed by atoms with Crippen LogP contribution in [-0.4, -0.2) is 16.2 Å². The normalized spacial score (nSPS) is 10.6. The summed E-state index contributed by atoms with van der Waals surface area (Å²) in [6.07, 6.45) is 0. The predicted octanol–water partition coefficient (Wildman–Crippen LogP) is 3.07. The van der Waals surface area contributed by atoms with Crippen molar-refractivity contribution in [2.45, 2.75) is 0 Å². The summed E-state index contributed by atoms with van der Waals surface area (Å²) in [7, 11) is 0. The minimum atomic E-state index is -0.972. The highest BCUT2D eigenvalue weighted by molar-refractivity contribution is 9.10. The average Bonchev–Trinajstić information content (AvgIpc) is 2.48. The summed E-state index contributed by atoms with van der Waals surface area (Å²) in [5, 5.41) is 20.5. The van der Waals surface area contributed by atoms with E-state index in [1.54, 1.807) is 11.4 Å². The zero-order valence-electron chi connectivity index (χ0n) is 6.82. The van der Waals surface area contributed by atoms with Gasteiger partial charge in [0, 0.05) is 19.9 Å². The molecule has 0 saturated carbocycles. The summed E-state index contributed by atoms with van der Waals surface area (Å²) >= 11 is 4.55. The molecule has 1 aromatic carbocycles. The highest BCUT2D eigenvalue weighted by Crippen LogP contribution is 2.37. The fourth-order valence-corrected chi connectivity index (χ4v) is 2.90. The van der Waals surface area contributed by atoms with Crippen LogP contribution in [0.25, 0.3) is 10.1 Å². The Labute approximate surface area is 91.7 Å². The van der Waals surface area contributed by atoms with Crippen LogP contribution in [0.1, 0.15) is 10.4 Å². The summed E-state index contributed by atoms with van der Waals surface area (Å²) in [6.45, 7) is 0. The molecule has 0 aliphatic carbocycles. The molecule has 0 spiro atoms. The molecule has 2 aromatic rings. The summed E-state index contributed by atoms with van der Waals surface area (Å²) in [5.41, 5.74) is 0.214. The Hall–Kier alpha value is -1.07. The first-order chi connectivity index (χ1) is 6.59. The largest absolute Gasteiger partial charge is 0.506 e. The molecule has 0 unspecified atom stereocenters. The van der Waals surface area contributed by atoms with Crippen LogP contribution in [0.4, 0.5) is 0 Å². The van der Waals surface area contributed by atoms with Crippen molar-refractivity contribution >= 4 is 43.3 Å². The number of thiophene rings is 1. The monoisotopic (exact) mass is 272 g/mol. The summed E-state index contributed by atoms with van der Waals surface area (Å²) in [4.78, 5) is 10.7. The lowest BCUT2D eigenvalue weighted by molar-refractivity contribution is 0.0697. The minimum Gasteiger partial charge on any atom is -0.506 e.